The Kier molecular flexibility index (Phi) is 6.53. The third kappa shape index (κ3) is 4.99. The van der Waals surface area contributed by atoms with Crippen LogP contribution >= 0.6 is 11.6 Å². The average molecular weight is 367 g/mol. The molecule has 0 nitrogen and oxygen atoms in total. The molecule has 0 N–H and O–H groups in total. The van der Waals surface area contributed by atoms with E-state index in [4.69, 9.17) is 11.6 Å². The number of allylic oxidation sites excluding steroid dienone is 2. The van der Waals surface area contributed by atoms with Gasteiger partial charge in [0.15, 0.2) is 0 Å². The second-order valence-corrected chi connectivity index (χ2v) is 7.41. The molecule has 0 unspecified atom stereocenters. The van der Waals surface area contributed by atoms with Crippen LogP contribution in [0, 0.1) is 29.5 Å². The van der Waals surface area contributed by atoms with Crippen LogP contribution in [0.3, 0.4) is 0 Å². The Hall–Kier alpha value is -2.04. The standard InChI is InChI=1S/C24H24ClF/c1-2-3-4-18-5-7-19(8-6-18)9-10-20-11-13-21(14-12-20)22-15-16-23(25)24(26)17-22/h2-3,11-19H,4-8H2,1H3. The fourth-order valence-electron chi connectivity index (χ4n) is 3.48. The van der Waals surface area contributed by atoms with E-state index in [0.29, 0.717) is 5.92 Å². The second kappa shape index (κ2) is 9.06. The van der Waals surface area contributed by atoms with Crippen LogP contribution in [-0.4, -0.2) is 0 Å². The monoisotopic (exact) mass is 366 g/mol. The van der Waals surface area contributed by atoms with Crippen molar-refractivity contribution in [2.45, 2.75) is 39.0 Å². The van der Waals surface area contributed by atoms with Crippen molar-refractivity contribution < 1.29 is 4.39 Å². The van der Waals surface area contributed by atoms with E-state index < -0.39 is 5.82 Å². The fourth-order valence-corrected chi connectivity index (χ4v) is 3.60. The third-order valence-corrected chi connectivity index (χ3v) is 5.42. The Morgan fingerprint density at radius 1 is 1.04 bits per heavy atom. The molecule has 0 atom stereocenters. The molecule has 1 saturated carbocycles. The number of benzene rings is 2. The summed E-state index contributed by atoms with van der Waals surface area (Å²) in [5.41, 5.74) is 2.81. The highest BCUT2D eigenvalue weighted by Crippen LogP contribution is 2.31. The molecule has 0 heterocycles. The summed E-state index contributed by atoms with van der Waals surface area (Å²) in [7, 11) is 0. The molecule has 0 aliphatic heterocycles. The lowest BCUT2D eigenvalue weighted by Crippen LogP contribution is -2.12. The topological polar surface area (TPSA) is 0 Å². The van der Waals surface area contributed by atoms with Crippen LogP contribution in [0.15, 0.2) is 54.6 Å². The van der Waals surface area contributed by atoms with Crippen molar-refractivity contribution in [3.8, 4) is 23.0 Å². The molecule has 0 saturated heterocycles. The third-order valence-electron chi connectivity index (χ3n) is 5.11. The molecule has 134 valence electrons. The molecule has 0 amide bonds. The van der Waals surface area contributed by atoms with Gasteiger partial charge in [-0.1, -0.05) is 53.8 Å². The van der Waals surface area contributed by atoms with Crippen LogP contribution in [0.25, 0.3) is 11.1 Å². The predicted molar refractivity (Wildman–Crippen MR) is 109 cm³/mol. The minimum Gasteiger partial charge on any atom is -0.205 e. The lowest BCUT2D eigenvalue weighted by molar-refractivity contribution is 0.319. The maximum atomic E-state index is 13.6. The van der Waals surface area contributed by atoms with Gasteiger partial charge in [-0.2, -0.15) is 0 Å². The minimum atomic E-state index is -0.391. The van der Waals surface area contributed by atoms with Gasteiger partial charge in [0, 0.05) is 11.5 Å². The Labute approximate surface area is 161 Å². The first-order valence-electron chi connectivity index (χ1n) is 9.34. The lowest BCUT2D eigenvalue weighted by Gasteiger charge is -2.24. The van der Waals surface area contributed by atoms with E-state index in [0.717, 1.165) is 22.6 Å². The summed E-state index contributed by atoms with van der Waals surface area (Å²) in [6.07, 6.45) is 10.6. The Morgan fingerprint density at radius 2 is 1.73 bits per heavy atom. The summed E-state index contributed by atoms with van der Waals surface area (Å²) >= 11 is 5.75. The zero-order valence-electron chi connectivity index (χ0n) is 15.1. The molecule has 0 bridgehead atoms. The van der Waals surface area contributed by atoms with E-state index in [1.165, 1.54) is 38.2 Å². The summed E-state index contributed by atoms with van der Waals surface area (Å²) in [4.78, 5) is 0. The average Bonchev–Trinajstić information content (AvgIpc) is 2.68. The van der Waals surface area contributed by atoms with Gasteiger partial charge in [-0.05, 0) is 80.3 Å². The molecule has 1 fully saturated rings. The fraction of sp³-hybridized carbons (Fsp3) is 0.333. The first-order valence-corrected chi connectivity index (χ1v) is 9.71. The quantitative estimate of drug-likeness (QED) is 0.395. The highest BCUT2D eigenvalue weighted by atomic mass is 35.5. The number of hydrogen-bond acceptors (Lipinski definition) is 0. The van der Waals surface area contributed by atoms with Crippen molar-refractivity contribution in [2.75, 3.05) is 0 Å². The number of hydrogen-bond donors (Lipinski definition) is 0. The lowest BCUT2D eigenvalue weighted by atomic mass is 9.81. The van der Waals surface area contributed by atoms with E-state index in [1.54, 1.807) is 6.07 Å². The van der Waals surface area contributed by atoms with Gasteiger partial charge >= 0.3 is 0 Å². The molecule has 2 aromatic carbocycles. The summed E-state index contributed by atoms with van der Waals surface area (Å²) in [5.74, 6) is 7.72. The first-order chi connectivity index (χ1) is 12.7. The van der Waals surface area contributed by atoms with E-state index in [-0.39, 0.29) is 5.02 Å². The van der Waals surface area contributed by atoms with E-state index in [9.17, 15) is 4.39 Å². The van der Waals surface area contributed by atoms with Crippen molar-refractivity contribution in [2.24, 2.45) is 11.8 Å². The van der Waals surface area contributed by atoms with Crippen LogP contribution in [0.2, 0.25) is 5.02 Å². The van der Waals surface area contributed by atoms with Gasteiger partial charge in [0.1, 0.15) is 5.82 Å². The molecular formula is C24H24ClF. The Balaban J connectivity index is 1.60. The normalized spacial score (nSPS) is 20.0. The van der Waals surface area contributed by atoms with Crippen molar-refractivity contribution in [3.63, 3.8) is 0 Å². The van der Waals surface area contributed by atoms with Gasteiger partial charge in [-0.3, -0.25) is 0 Å². The van der Waals surface area contributed by atoms with Gasteiger partial charge in [-0.15, -0.1) is 0 Å². The molecule has 1 aliphatic carbocycles. The smallest absolute Gasteiger partial charge is 0.142 e. The molecular weight excluding hydrogens is 343 g/mol. The van der Waals surface area contributed by atoms with E-state index >= 15 is 0 Å². The summed E-state index contributed by atoms with van der Waals surface area (Å²) in [6.45, 7) is 2.09. The van der Waals surface area contributed by atoms with E-state index in [1.807, 2.05) is 30.3 Å². The second-order valence-electron chi connectivity index (χ2n) is 7.00. The first kappa shape index (κ1) is 18.7. The summed E-state index contributed by atoms with van der Waals surface area (Å²) in [6, 6.07) is 12.9. The van der Waals surface area contributed by atoms with Gasteiger partial charge in [-0.25, -0.2) is 4.39 Å². The van der Waals surface area contributed by atoms with Gasteiger partial charge in [0.25, 0.3) is 0 Å². The van der Waals surface area contributed by atoms with Crippen LogP contribution in [0.5, 0.6) is 0 Å². The minimum absolute atomic E-state index is 0.150. The Morgan fingerprint density at radius 3 is 2.38 bits per heavy atom. The van der Waals surface area contributed by atoms with Gasteiger partial charge in [0.05, 0.1) is 5.02 Å². The van der Waals surface area contributed by atoms with Crippen molar-refractivity contribution in [1.29, 1.82) is 0 Å². The SMILES string of the molecule is CC=CCC1CCC(C#Cc2ccc(-c3ccc(Cl)c(F)c3)cc2)CC1. The maximum Gasteiger partial charge on any atom is 0.142 e. The van der Waals surface area contributed by atoms with Crippen LogP contribution in [0.1, 0.15) is 44.6 Å². The highest BCUT2D eigenvalue weighted by Gasteiger charge is 2.18. The molecule has 0 spiro atoms. The van der Waals surface area contributed by atoms with Crippen molar-refractivity contribution in [1.82, 2.24) is 0 Å². The highest BCUT2D eigenvalue weighted by molar-refractivity contribution is 6.30. The van der Waals surface area contributed by atoms with Crippen molar-refractivity contribution in [3.05, 3.63) is 71.0 Å². The molecule has 2 aromatic rings. The van der Waals surface area contributed by atoms with E-state index in [2.05, 4.69) is 30.9 Å². The number of rotatable bonds is 3. The van der Waals surface area contributed by atoms with Crippen LogP contribution in [-0.2, 0) is 0 Å². The van der Waals surface area contributed by atoms with Crippen molar-refractivity contribution >= 4 is 11.6 Å². The summed E-state index contributed by atoms with van der Waals surface area (Å²) in [5, 5.41) is 0.150. The van der Waals surface area contributed by atoms with Gasteiger partial charge in [0.2, 0.25) is 0 Å². The maximum absolute atomic E-state index is 13.6. The molecule has 0 radical (unpaired) electrons. The zero-order chi connectivity index (χ0) is 18.4. The predicted octanol–water partition coefficient (Wildman–Crippen LogP) is 7.27. The van der Waals surface area contributed by atoms with Gasteiger partial charge < -0.3 is 0 Å². The Bertz CT molecular complexity index is 816. The molecule has 1 aliphatic rings. The largest absolute Gasteiger partial charge is 0.205 e. The molecule has 3 rings (SSSR count). The van der Waals surface area contributed by atoms with Crippen LogP contribution in [0.4, 0.5) is 4.39 Å². The zero-order valence-corrected chi connectivity index (χ0v) is 15.9. The van der Waals surface area contributed by atoms with Crippen LogP contribution < -0.4 is 0 Å². The molecule has 26 heavy (non-hydrogen) atoms. The molecule has 2 heteroatoms. The summed E-state index contributed by atoms with van der Waals surface area (Å²) < 4.78 is 13.6. The number of halogens is 2. The molecule has 0 aromatic heterocycles.